The lowest BCUT2D eigenvalue weighted by molar-refractivity contribution is 0.100. The number of phenols is 1. The molecule has 3 heterocycles. The van der Waals surface area contributed by atoms with Crippen molar-refractivity contribution in [3.63, 3.8) is 0 Å². The van der Waals surface area contributed by atoms with E-state index in [1.807, 2.05) is 12.1 Å². The van der Waals surface area contributed by atoms with Gasteiger partial charge >= 0.3 is 0 Å². The van der Waals surface area contributed by atoms with Crippen molar-refractivity contribution >= 4 is 28.9 Å². The molecule has 9 nitrogen and oxygen atoms in total. The Labute approximate surface area is 205 Å². The second-order valence-electron chi connectivity index (χ2n) is 9.34. The number of likely N-dealkylation sites (tertiary alicyclic amines) is 1. The quantitative estimate of drug-likeness (QED) is 0.337. The van der Waals surface area contributed by atoms with E-state index in [9.17, 15) is 9.90 Å². The summed E-state index contributed by atoms with van der Waals surface area (Å²) < 4.78 is 0. The Hall–Kier alpha value is -3.72. The van der Waals surface area contributed by atoms with Crippen LogP contribution in [0.25, 0.3) is 0 Å². The van der Waals surface area contributed by atoms with Crippen LogP contribution in [0.1, 0.15) is 41.6 Å². The Kier molecular flexibility index (Phi) is 6.76. The SMILES string of the molecule is NC(=O)c1c(Nc2ccc(N3CCC(N4CCCC4)CC3)cc2)n[nH]c1NCc1ccc(O)cc1. The highest BCUT2D eigenvalue weighted by molar-refractivity contribution is 6.03. The van der Waals surface area contributed by atoms with E-state index in [4.69, 9.17) is 5.73 Å². The number of hydrogen-bond acceptors (Lipinski definition) is 7. The number of amides is 1. The van der Waals surface area contributed by atoms with Gasteiger partial charge in [0.1, 0.15) is 17.1 Å². The molecule has 184 valence electrons. The average Bonchev–Trinajstić information content (AvgIpc) is 3.55. The van der Waals surface area contributed by atoms with E-state index in [2.05, 4.69) is 42.8 Å². The summed E-state index contributed by atoms with van der Waals surface area (Å²) in [5.41, 5.74) is 8.92. The predicted molar refractivity (Wildman–Crippen MR) is 138 cm³/mol. The summed E-state index contributed by atoms with van der Waals surface area (Å²) in [7, 11) is 0. The lowest BCUT2D eigenvalue weighted by Gasteiger charge is -2.37. The van der Waals surface area contributed by atoms with Crippen LogP contribution < -0.4 is 21.3 Å². The number of nitrogens with zero attached hydrogens (tertiary/aromatic N) is 3. The van der Waals surface area contributed by atoms with Crippen LogP contribution in [-0.2, 0) is 6.54 Å². The van der Waals surface area contributed by atoms with Gasteiger partial charge in [0.2, 0.25) is 0 Å². The molecule has 1 aromatic heterocycles. The minimum atomic E-state index is -0.577. The fraction of sp³-hybridized carbons (Fsp3) is 0.385. The standard InChI is InChI=1S/C26H33N7O2/c27-24(35)23-25(28-17-18-3-9-22(34)10-4-18)30-31-26(23)29-19-5-7-20(8-6-19)33-15-11-21(12-16-33)32-13-1-2-14-32/h3-10,21,34H,1-2,11-17H2,(H2,27,35)(H3,28,29,30,31). The topological polar surface area (TPSA) is 123 Å². The van der Waals surface area contributed by atoms with Crippen molar-refractivity contribution in [2.24, 2.45) is 5.73 Å². The van der Waals surface area contributed by atoms with Gasteiger partial charge in [0.25, 0.3) is 5.91 Å². The Morgan fingerprint density at radius 1 is 1.03 bits per heavy atom. The van der Waals surface area contributed by atoms with Gasteiger partial charge in [0.15, 0.2) is 5.82 Å². The fourth-order valence-corrected chi connectivity index (χ4v) is 5.09. The third-order valence-electron chi connectivity index (χ3n) is 7.04. The van der Waals surface area contributed by atoms with E-state index in [0.29, 0.717) is 18.2 Å². The number of hydrogen-bond donors (Lipinski definition) is 5. The largest absolute Gasteiger partial charge is 0.508 e. The number of aromatic hydroxyl groups is 1. The molecule has 0 saturated carbocycles. The molecule has 2 saturated heterocycles. The van der Waals surface area contributed by atoms with Crippen LogP contribution in [0.4, 0.5) is 23.0 Å². The number of nitrogens with one attached hydrogen (secondary N) is 3. The van der Waals surface area contributed by atoms with Crippen molar-refractivity contribution in [3.8, 4) is 5.75 Å². The molecule has 0 radical (unpaired) electrons. The summed E-state index contributed by atoms with van der Waals surface area (Å²) in [6, 6.07) is 15.8. The number of nitrogens with two attached hydrogens (primary N) is 1. The number of phenolic OH excluding ortho intramolecular Hbond substituents is 1. The van der Waals surface area contributed by atoms with Crippen molar-refractivity contribution in [2.75, 3.05) is 41.7 Å². The molecule has 9 heteroatoms. The number of aromatic nitrogens is 2. The molecule has 6 N–H and O–H groups in total. The van der Waals surface area contributed by atoms with Crippen molar-refractivity contribution in [3.05, 3.63) is 59.7 Å². The molecule has 3 aromatic rings. The second kappa shape index (κ2) is 10.3. The maximum Gasteiger partial charge on any atom is 0.256 e. The van der Waals surface area contributed by atoms with Crippen molar-refractivity contribution in [1.82, 2.24) is 15.1 Å². The van der Waals surface area contributed by atoms with E-state index in [1.165, 1.54) is 44.5 Å². The van der Waals surface area contributed by atoms with Crippen LogP contribution in [0.5, 0.6) is 5.75 Å². The smallest absolute Gasteiger partial charge is 0.256 e. The first-order valence-electron chi connectivity index (χ1n) is 12.3. The number of anilines is 4. The van der Waals surface area contributed by atoms with Gasteiger partial charge < -0.3 is 31.3 Å². The maximum atomic E-state index is 12.2. The molecule has 2 aliphatic heterocycles. The third kappa shape index (κ3) is 5.35. The molecule has 2 fully saturated rings. The number of primary amides is 1. The van der Waals surface area contributed by atoms with E-state index >= 15 is 0 Å². The highest BCUT2D eigenvalue weighted by atomic mass is 16.3. The second-order valence-corrected chi connectivity index (χ2v) is 9.34. The summed E-state index contributed by atoms with van der Waals surface area (Å²) >= 11 is 0. The molecule has 0 unspecified atom stereocenters. The predicted octanol–water partition coefficient (Wildman–Crippen LogP) is 3.63. The van der Waals surface area contributed by atoms with Gasteiger partial charge in [-0.3, -0.25) is 9.89 Å². The van der Waals surface area contributed by atoms with E-state index in [-0.39, 0.29) is 11.3 Å². The van der Waals surface area contributed by atoms with Gasteiger partial charge in [-0.15, -0.1) is 0 Å². The number of piperidine rings is 1. The van der Waals surface area contributed by atoms with Crippen molar-refractivity contribution in [2.45, 2.75) is 38.3 Å². The first-order valence-corrected chi connectivity index (χ1v) is 12.3. The maximum absolute atomic E-state index is 12.2. The average molecular weight is 476 g/mol. The number of aromatic amines is 1. The molecule has 0 aliphatic carbocycles. The lowest BCUT2D eigenvalue weighted by Crippen LogP contribution is -2.43. The van der Waals surface area contributed by atoms with Crippen molar-refractivity contribution in [1.29, 1.82) is 0 Å². The molecule has 2 aliphatic rings. The molecular formula is C26H33N7O2. The van der Waals surface area contributed by atoms with Crippen LogP contribution in [0, 0.1) is 0 Å². The summed E-state index contributed by atoms with van der Waals surface area (Å²) in [6.45, 7) is 5.13. The van der Waals surface area contributed by atoms with Gasteiger partial charge in [-0.2, -0.15) is 5.10 Å². The number of benzene rings is 2. The van der Waals surface area contributed by atoms with Crippen LogP contribution in [0.3, 0.4) is 0 Å². The molecule has 2 aromatic carbocycles. The summed E-state index contributed by atoms with van der Waals surface area (Å²) in [4.78, 5) is 17.3. The van der Waals surface area contributed by atoms with E-state index < -0.39 is 5.91 Å². The summed E-state index contributed by atoms with van der Waals surface area (Å²) in [6.07, 6.45) is 5.13. The zero-order valence-electron chi connectivity index (χ0n) is 19.8. The van der Waals surface area contributed by atoms with Gasteiger partial charge in [0.05, 0.1) is 0 Å². The van der Waals surface area contributed by atoms with Gasteiger partial charge in [-0.05, 0) is 80.7 Å². The molecule has 0 spiro atoms. The van der Waals surface area contributed by atoms with Crippen molar-refractivity contribution < 1.29 is 9.90 Å². The minimum Gasteiger partial charge on any atom is -0.508 e. The van der Waals surface area contributed by atoms with Crippen LogP contribution >= 0.6 is 0 Å². The minimum absolute atomic E-state index is 0.206. The Morgan fingerprint density at radius 2 is 1.71 bits per heavy atom. The summed E-state index contributed by atoms with van der Waals surface area (Å²) in [5.74, 6) is 0.458. The molecule has 5 rings (SSSR count). The van der Waals surface area contributed by atoms with Gasteiger partial charge in [0, 0.05) is 37.1 Å². The first kappa shape index (κ1) is 23.0. The van der Waals surface area contributed by atoms with Gasteiger partial charge in [-0.1, -0.05) is 12.1 Å². The number of carbonyl (C=O) groups excluding carboxylic acids is 1. The first-order chi connectivity index (χ1) is 17.1. The monoisotopic (exact) mass is 475 g/mol. The molecule has 35 heavy (non-hydrogen) atoms. The number of rotatable bonds is 8. The van der Waals surface area contributed by atoms with E-state index in [1.54, 1.807) is 24.3 Å². The number of carbonyl (C=O) groups is 1. The summed E-state index contributed by atoms with van der Waals surface area (Å²) in [5, 5.41) is 22.9. The Morgan fingerprint density at radius 3 is 2.37 bits per heavy atom. The zero-order chi connectivity index (χ0) is 24.2. The van der Waals surface area contributed by atoms with Crippen LogP contribution in [-0.4, -0.2) is 58.3 Å². The fourth-order valence-electron chi connectivity index (χ4n) is 5.09. The molecule has 0 atom stereocenters. The normalized spacial score (nSPS) is 17.0. The van der Waals surface area contributed by atoms with Crippen LogP contribution in [0.15, 0.2) is 48.5 Å². The Bertz CT molecular complexity index is 1130. The Balaban J connectivity index is 1.20. The zero-order valence-corrected chi connectivity index (χ0v) is 19.8. The molecule has 1 amide bonds. The highest BCUT2D eigenvalue weighted by Gasteiger charge is 2.26. The molecule has 0 bridgehead atoms. The lowest BCUT2D eigenvalue weighted by atomic mass is 10.0. The number of H-pyrrole nitrogens is 1. The van der Waals surface area contributed by atoms with Crippen LogP contribution in [0.2, 0.25) is 0 Å². The molecular weight excluding hydrogens is 442 g/mol. The van der Waals surface area contributed by atoms with Gasteiger partial charge in [-0.25, -0.2) is 0 Å². The highest BCUT2D eigenvalue weighted by Crippen LogP contribution is 2.28. The van der Waals surface area contributed by atoms with E-state index in [0.717, 1.165) is 30.4 Å². The third-order valence-corrected chi connectivity index (χ3v) is 7.04.